The Morgan fingerprint density at radius 2 is 1.90 bits per heavy atom. The molecule has 1 aromatic carbocycles. The average Bonchev–Trinajstić information content (AvgIpc) is 2.34. The third kappa shape index (κ3) is 6.78. The molecule has 0 saturated carbocycles. The van der Waals surface area contributed by atoms with Crippen molar-refractivity contribution in [1.29, 1.82) is 0 Å². The van der Waals surface area contributed by atoms with Crippen molar-refractivity contribution in [2.24, 2.45) is 5.92 Å². The largest absolute Gasteiger partial charge is 0.397 e. The molecule has 116 valence electrons. The number of benzene rings is 1. The molecule has 1 aromatic rings. The number of anilines is 1. The number of hydrogen-bond donors (Lipinski definition) is 2. The monoisotopic (exact) mass is 302 g/mol. The first-order valence-corrected chi connectivity index (χ1v) is 6.40. The van der Waals surface area contributed by atoms with E-state index in [4.69, 9.17) is 0 Å². The standard InChI is InChI=1S/C14H17F3N2O2/c1-9(2)13(21)19-11-5-3-4-10(6-11)8-18-12(20)7-14(15,16)17/h3-6,9H,7-8H2,1-2H3,(H,18,20)(H,19,21). The molecule has 0 saturated heterocycles. The van der Waals surface area contributed by atoms with Crippen molar-refractivity contribution in [3.63, 3.8) is 0 Å². The fraction of sp³-hybridized carbons (Fsp3) is 0.429. The molecule has 0 heterocycles. The average molecular weight is 302 g/mol. The van der Waals surface area contributed by atoms with E-state index in [2.05, 4.69) is 10.6 Å². The van der Waals surface area contributed by atoms with Crippen LogP contribution in [0.3, 0.4) is 0 Å². The lowest BCUT2D eigenvalue weighted by molar-refractivity contribution is -0.153. The second-order valence-electron chi connectivity index (χ2n) is 4.91. The topological polar surface area (TPSA) is 58.2 Å². The zero-order valence-corrected chi connectivity index (χ0v) is 11.8. The molecule has 21 heavy (non-hydrogen) atoms. The summed E-state index contributed by atoms with van der Waals surface area (Å²) in [5.41, 5.74) is 1.14. The Kier molecular flexibility index (Phi) is 5.75. The van der Waals surface area contributed by atoms with Gasteiger partial charge in [0.15, 0.2) is 0 Å². The second-order valence-corrected chi connectivity index (χ2v) is 4.91. The van der Waals surface area contributed by atoms with Gasteiger partial charge >= 0.3 is 6.18 Å². The van der Waals surface area contributed by atoms with Crippen LogP contribution in [-0.2, 0) is 16.1 Å². The highest BCUT2D eigenvalue weighted by Crippen LogP contribution is 2.19. The Morgan fingerprint density at radius 3 is 2.48 bits per heavy atom. The van der Waals surface area contributed by atoms with Crippen molar-refractivity contribution in [1.82, 2.24) is 5.32 Å². The summed E-state index contributed by atoms with van der Waals surface area (Å²) in [7, 11) is 0. The van der Waals surface area contributed by atoms with Gasteiger partial charge in [-0.1, -0.05) is 26.0 Å². The third-order valence-electron chi connectivity index (χ3n) is 2.57. The van der Waals surface area contributed by atoms with Gasteiger partial charge in [0.1, 0.15) is 6.42 Å². The minimum atomic E-state index is -4.52. The summed E-state index contributed by atoms with van der Waals surface area (Å²) in [5.74, 6) is -1.42. The molecule has 2 amide bonds. The quantitative estimate of drug-likeness (QED) is 0.878. The number of halogens is 3. The summed E-state index contributed by atoms with van der Waals surface area (Å²) in [6.45, 7) is 3.47. The maximum atomic E-state index is 12.0. The Balaban J connectivity index is 2.57. The van der Waals surface area contributed by atoms with Crippen molar-refractivity contribution < 1.29 is 22.8 Å². The first-order chi connectivity index (χ1) is 9.67. The van der Waals surface area contributed by atoms with Crippen molar-refractivity contribution >= 4 is 17.5 Å². The predicted molar refractivity (Wildman–Crippen MR) is 72.4 cm³/mol. The third-order valence-corrected chi connectivity index (χ3v) is 2.57. The minimum Gasteiger partial charge on any atom is -0.352 e. The van der Waals surface area contributed by atoms with E-state index >= 15 is 0 Å². The van der Waals surface area contributed by atoms with Gasteiger partial charge in [-0.15, -0.1) is 0 Å². The molecule has 0 fully saturated rings. The SMILES string of the molecule is CC(C)C(=O)Nc1cccc(CNC(=O)CC(F)(F)F)c1. The first kappa shape index (κ1) is 17.0. The number of rotatable bonds is 5. The molecule has 0 radical (unpaired) electrons. The number of carbonyl (C=O) groups is 2. The van der Waals surface area contributed by atoms with Crippen LogP contribution < -0.4 is 10.6 Å². The highest BCUT2D eigenvalue weighted by atomic mass is 19.4. The van der Waals surface area contributed by atoms with Crippen molar-refractivity contribution in [3.8, 4) is 0 Å². The zero-order valence-electron chi connectivity index (χ0n) is 11.8. The van der Waals surface area contributed by atoms with Crippen LogP contribution in [0.2, 0.25) is 0 Å². The highest BCUT2D eigenvalue weighted by Gasteiger charge is 2.30. The van der Waals surface area contributed by atoms with Gasteiger partial charge in [-0.05, 0) is 17.7 Å². The van der Waals surface area contributed by atoms with E-state index < -0.39 is 18.5 Å². The Hall–Kier alpha value is -2.05. The van der Waals surface area contributed by atoms with Crippen molar-refractivity contribution in [2.75, 3.05) is 5.32 Å². The Morgan fingerprint density at radius 1 is 1.24 bits per heavy atom. The van der Waals surface area contributed by atoms with Gasteiger partial charge in [-0.2, -0.15) is 13.2 Å². The number of amides is 2. The summed E-state index contributed by atoms with van der Waals surface area (Å²) < 4.78 is 36.0. The highest BCUT2D eigenvalue weighted by molar-refractivity contribution is 5.92. The molecule has 0 unspecified atom stereocenters. The van der Waals surface area contributed by atoms with Crippen LogP contribution >= 0.6 is 0 Å². The summed E-state index contributed by atoms with van der Waals surface area (Å²) >= 11 is 0. The summed E-state index contributed by atoms with van der Waals surface area (Å²) in [5, 5.41) is 4.86. The summed E-state index contributed by atoms with van der Waals surface area (Å²) in [4.78, 5) is 22.6. The Labute approximate surface area is 120 Å². The molecule has 0 aromatic heterocycles. The molecule has 4 nitrogen and oxygen atoms in total. The fourth-order valence-corrected chi connectivity index (χ4v) is 1.49. The number of alkyl halides is 3. The van der Waals surface area contributed by atoms with Gasteiger partial charge in [0.2, 0.25) is 11.8 Å². The van der Waals surface area contributed by atoms with Crippen LogP contribution in [0.1, 0.15) is 25.8 Å². The Bertz CT molecular complexity index is 513. The van der Waals surface area contributed by atoms with Crippen LogP contribution in [0.25, 0.3) is 0 Å². The molecule has 0 aliphatic rings. The van der Waals surface area contributed by atoms with E-state index in [1.54, 1.807) is 38.1 Å². The van der Waals surface area contributed by atoms with E-state index in [-0.39, 0.29) is 18.4 Å². The molecule has 0 atom stereocenters. The molecule has 7 heteroatoms. The zero-order chi connectivity index (χ0) is 16.0. The lowest BCUT2D eigenvalue weighted by Gasteiger charge is -2.10. The summed E-state index contributed by atoms with van der Waals surface area (Å²) in [6, 6.07) is 6.58. The van der Waals surface area contributed by atoms with E-state index in [0.29, 0.717) is 11.3 Å². The van der Waals surface area contributed by atoms with Crippen molar-refractivity contribution in [2.45, 2.75) is 33.0 Å². The lowest BCUT2D eigenvalue weighted by Crippen LogP contribution is -2.28. The van der Waals surface area contributed by atoms with Crippen LogP contribution in [0.4, 0.5) is 18.9 Å². The van der Waals surface area contributed by atoms with Gasteiger partial charge in [-0.25, -0.2) is 0 Å². The predicted octanol–water partition coefficient (Wildman–Crippen LogP) is 2.85. The second kappa shape index (κ2) is 7.10. The van der Waals surface area contributed by atoms with Crippen LogP contribution in [0.15, 0.2) is 24.3 Å². The molecule has 0 aliphatic carbocycles. The van der Waals surface area contributed by atoms with Gasteiger partial charge in [0.25, 0.3) is 0 Å². The first-order valence-electron chi connectivity index (χ1n) is 6.40. The molecule has 0 spiro atoms. The van der Waals surface area contributed by atoms with Gasteiger partial charge < -0.3 is 10.6 Å². The van der Waals surface area contributed by atoms with Crippen LogP contribution in [0.5, 0.6) is 0 Å². The van der Waals surface area contributed by atoms with E-state index in [9.17, 15) is 22.8 Å². The molecular weight excluding hydrogens is 285 g/mol. The van der Waals surface area contributed by atoms with Crippen LogP contribution in [-0.4, -0.2) is 18.0 Å². The van der Waals surface area contributed by atoms with Gasteiger partial charge in [-0.3, -0.25) is 9.59 Å². The molecule has 0 aliphatic heterocycles. The molecule has 1 rings (SSSR count). The molecular formula is C14H17F3N2O2. The number of carbonyl (C=O) groups excluding carboxylic acids is 2. The van der Waals surface area contributed by atoms with E-state index in [1.165, 1.54) is 0 Å². The van der Waals surface area contributed by atoms with Gasteiger partial charge in [0.05, 0.1) is 0 Å². The normalized spacial score (nSPS) is 11.3. The summed E-state index contributed by atoms with van der Waals surface area (Å²) in [6.07, 6.45) is -6.02. The van der Waals surface area contributed by atoms with E-state index in [0.717, 1.165) is 0 Å². The minimum absolute atomic E-state index is 0.0275. The van der Waals surface area contributed by atoms with Crippen LogP contribution in [0, 0.1) is 5.92 Å². The molecule has 2 N–H and O–H groups in total. The lowest BCUT2D eigenvalue weighted by atomic mass is 10.1. The fourth-order valence-electron chi connectivity index (χ4n) is 1.49. The number of hydrogen-bond acceptors (Lipinski definition) is 2. The van der Waals surface area contributed by atoms with E-state index in [1.807, 2.05) is 0 Å². The van der Waals surface area contributed by atoms with Gasteiger partial charge in [0, 0.05) is 18.2 Å². The smallest absolute Gasteiger partial charge is 0.352 e. The maximum Gasteiger partial charge on any atom is 0.397 e. The maximum absolute atomic E-state index is 12.0. The van der Waals surface area contributed by atoms with Crippen molar-refractivity contribution in [3.05, 3.63) is 29.8 Å². The number of nitrogens with one attached hydrogen (secondary N) is 2. The molecule has 0 bridgehead atoms.